The number of aryl methyl sites for hydroxylation is 1. The first-order chi connectivity index (χ1) is 69.8. The lowest BCUT2D eigenvalue weighted by molar-refractivity contribution is -0.137. The van der Waals surface area contributed by atoms with Gasteiger partial charge in [0.1, 0.15) is 70.8 Å². The quantitative estimate of drug-likeness (QED) is 0.0160. The molecular formula is C94H100Cl2F3N15O24S9. The Morgan fingerprint density at radius 3 is 1.48 bits per heavy atom. The van der Waals surface area contributed by atoms with E-state index in [-0.39, 0.29) is 105 Å². The molecule has 9 heterocycles. The predicted molar refractivity (Wildman–Crippen MR) is 540 cm³/mol. The minimum Gasteiger partial charge on any atom is -0.497 e. The highest BCUT2D eigenvalue weighted by atomic mass is 35.5. The lowest BCUT2D eigenvalue weighted by Gasteiger charge is -2.29. The van der Waals surface area contributed by atoms with Crippen molar-refractivity contribution < 1.29 is 122 Å². The third-order valence-corrected chi connectivity index (χ3v) is 32.8. The van der Waals surface area contributed by atoms with Crippen molar-refractivity contribution in [1.29, 1.82) is 0 Å². The van der Waals surface area contributed by atoms with E-state index >= 15 is 0 Å². The highest BCUT2D eigenvalue weighted by Gasteiger charge is 2.44. The molecule has 4 aliphatic carbocycles. The minimum absolute atomic E-state index is 0.00511. The number of thiophene rings is 4. The summed E-state index contributed by atoms with van der Waals surface area (Å²) in [6.45, 7) is 2.05. The second-order valence-electron chi connectivity index (χ2n) is 35.1. The fourth-order valence-electron chi connectivity index (χ4n) is 17.8. The Morgan fingerprint density at radius 2 is 0.980 bits per heavy atom. The maximum atomic E-state index is 13.7. The maximum absolute atomic E-state index is 13.7. The van der Waals surface area contributed by atoms with Crippen LogP contribution in [0.1, 0.15) is 169 Å². The van der Waals surface area contributed by atoms with Gasteiger partial charge < -0.3 is 50.6 Å². The normalized spacial score (nSPS) is 21.6. The molecule has 784 valence electrons. The van der Waals surface area contributed by atoms with Crippen LogP contribution in [0.15, 0.2) is 198 Å². The van der Waals surface area contributed by atoms with Crippen molar-refractivity contribution in [2.45, 2.75) is 155 Å². The molecule has 17 rings (SSSR count). The number of alkyl halides is 3. The minimum atomic E-state index is -4.62. The van der Waals surface area contributed by atoms with Gasteiger partial charge in [-0.3, -0.25) is 35.9 Å². The number of ketones is 4. The highest BCUT2D eigenvalue weighted by Crippen LogP contribution is 2.48. The van der Waals surface area contributed by atoms with E-state index in [9.17, 15) is 90.7 Å². The molecule has 53 heteroatoms. The number of hydrogen-bond donors (Lipinski definition) is 11. The number of halogens is 5. The molecular weight excluding hydrogens is 2140 g/mol. The Bertz CT molecular complexity index is 7210. The summed E-state index contributed by atoms with van der Waals surface area (Å²) < 4.78 is 177. The van der Waals surface area contributed by atoms with Crippen LogP contribution >= 0.6 is 68.5 Å². The summed E-state index contributed by atoms with van der Waals surface area (Å²) in [5, 5.41) is 74.6. The molecule has 0 bridgehead atoms. The van der Waals surface area contributed by atoms with Crippen molar-refractivity contribution in [3.8, 4) is 11.5 Å². The number of carbonyl (C=O) groups excluding carboxylic acids is 4. The van der Waals surface area contributed by atoms with E-state index in [0.29, 0.717) is 130 Å². The van der Waals surface area contributed by atoms with Crippen LogP contribution in [-0.2, 0) is 105 Å². The van der Waals surface area contributed by atoms with E-state index in [2.05, 4.69) is 84.7 Å². The number of methoxy groups -OCH3 is 1. The third-order valence-electron chi connectivity index (χ3n) is 24.7. The van der Waals surface area contributed by atoms with Crippen LogP contribution in [0.25, 0.3) is 0 Å². The number of nitrogens with one attached hydrogen (secondary N) is 3. The van der Waals surface area contributed by atoms with Crippen molar-refractivity contribution in [2.24, 2.45) is 50.1 Å². The van der Waals surface area contributed by atoms with Crippen LogP contribution in [0.5, 0.6) is 11.5 Å². The van der Waals surface area contributed by atoms with Gasteiger partial charge in [0.15, 0.2) is 0 Å². The average Bonchev–Trinajstić information content (AvgIpc) is 1.60. The smallest absolute Gasteiger partial charge is 0.416 e. The van der Waals surface area contributed by atoms with Gasteiger partial charge in [-0.1, -0.05) is 77.8 Å². The highest BCUT2D eigenvalue weighted by molar-refractivity contribution is 7.85. The summed E-state index contributed by atoms with van der Waals surface area (Å²) in [7, 11) is -16.9. The van der Waals surface area contributed by atoms with Crippen LogP contribution in [0, 0.1) is 36.5 Å². The summed E-state index contributed by atoms with van der Waals surface area (Å²) in [6, 6.07) is 35.0. The second kappa shape index (κ2) is 49.5. The van der Waals surface area contributed by atoms with E-state index in [1.165, 1.54) is 96.2 Å². The summed E-state index contributed by atoms with van der Waals surface area (Å²) in [6.07, 6.45) is 9.09. The molecule has 5 fully saturated rings. The Hall–Kier alpha value is -10.5. The molecule has 0 amide bonds. The fraction of sp³-hybridized carbons (Fsp3) is 0.362. The number of aliphatic hydroxyl groups excluding tert-OH is 4. The average molecular weight is 2240 g/mol. The molecule has 0 spiro atoms. The van der Waals surface area contributed by atoms with E-state index in [0.717, 1.165) is 80.8 Å². The number of aliphatic hydroxyl groups is 4. The number of nitrogens with zero attached hydrogens (tertiary/aromatic N) is 8. The lowest BCUT2D eigenvalue weighted by Crippen LogP contribution is -2.26. The van der Waals surface area contributed by atoms with Gasteiger partial charge in [0, 0.05) is 99.1 Å². The zero-order valence-electron chi connectivity index (χ0n) is 78.0. The summed E-state index contributed by atoms with van der Waals surface area (Å²) in [5.41, 5.74) is 5.12. The summed E-state index contributed by atoms with van der Waals surface area (Å²) >= 11 is 17.1. The van der Waals surface area contributed by atoms with Gasteiger partial charge in [-0.05, 0) is 190 Å². The van der Waals surface area contributed by atoms with Gasteiger partial charge in [0.2, 0.25) is 23.1 Å². The number of aromatic nitrogens is 8. The topological polar surface area (TPSA) is 611 Å². The number of anilines is 3. The number of nitrogens with two attached hydrogens (primary N) is 4. The molecule has 1 saturated heterocycles. The van der Waals surface area contributed by atoms with Crippen LogP contribution in [0.2, 0.25) is 9.36 Å². The number of carbonyl (C=O) groups is 4. The largest absolute Gasteiger partial charge is 0.497 e. The maximum Gasteiger partial charge on any atom is 0.416 e. The van der Waals surface area contributed by atoms with Gasteiger partial charge in [-0.2, -0.15) is 46.8 Å². The monoisotopic (exact) mass is 2240 g/mol. The number of hydrogen-bond acceptors (Lipinski definition) is 39. The van der Waals surface area contributed by atoms with Crippen molar-refractivity contribution in [2.75, 3.05) is 56.1 Å². The van der Waals surface area contributed by atoms with Crippen molar-refractivity contribution in [1.82, 2.24) is 39.9 Å². The Morgan fingerprint density at radius 1 is 0.517 bits per heavy atom. The number of rotatable bonds is 38. The van der Waals surface area contributed by atoms with Gasteiger partial charge in [-0.25, -0.2) is 64.6 Å². The fourth-order valence-corrected chi connectivity index (χ4v) is 24.9. The molecule has 147 heavy (non-hydrogen) atoms. The molecule has 15 N–H and O–H groups in total. The van der Waals surface area contributed by atoms with Crippen molar-refractivity contribution >= 4 is 161 Å². The Kier molecular flexibility index (Phi) is 37.8. The molecule has 0 radical (unpaired) electrons. The number of benzene rings is 4. The van der Waals surface area contributed by atoms with Crippen molar-refractivity contribution in [3.63, 3.8) is 0 Å². The van der Waals surface area contributed by atoms with Crippen LogP contribution < -0.4 is 46.0 Å². The van der Waals surface area contributed by atoms with Gasteiger partial charge in [-0.15, -0.1) is 45.3 Å². The standard InChI is InChI=1S/C26H30N4O6S2.C23H24ClN3O6S2.C23H26N4O6S2.C22H20ClF3N4O6S3/c1-16-21(26(8-5-9-35-26)18-6-3-2-4-7-18)12-23(37-16)24(32)20-13-28-15-29-25(20)30-19-10-17(22(31)11-19)14-36-38(27,33)34;24-17-2-1-3-18(8-17)32-10-15-7-22(34-12-15)23(29)19-9-26-13-27-20(19)5-14-4-16(21(28)6-14)11-33-35(25,30)31;1-32-18-4-2-3-14(6-18)5-15-7-21(34-12-15)22(29)19-10-25-13-26-23(19)27-17-8-16(20(28)9-17)11-33-35(24,30)31;23-20-18(38(33)14-3-1-2-12(5-14)22(24,25)26)7-17(37-20)19(32)15-8-28-10-29-21(15)30-13-4-11(16(31)6-13)9-36-39(27,34)35/h2-4,6-7,12-13,15,17,19,22,31H,5,8-11,14H2,1H3,(H2,27,33,34)(H,28,29,30);1-3,7-9,12-14,16,21,28H,4-6,10-11H2,(H2,25,30,31);2-4,6-7,10,12-13,16-17,20,28H,5,8-9,11H2,1H3,(H2,24,30,31)(H,25,26,27);1-3,5,7-8,10-11,13,16,31H,4,6,9H2,(H2,27,34,35)(H,28,29,30)/t17-,19-,22+,26?;14-,16+,21-;16-,17-,20+;11-,13-,16+,38?/m1011/s1. The number of ether oxygens (including phenoxy) is 3. The molecule has 8 aromatic heterocycles. The van der Waals surface area contributed by atoms with Crippen LogP contribution in [0.4, 0.5) is 30.6 Å². The predicted octanol–water partition coefficient (Wildman–Crippen LogP) is 11.6. The zero-order chi connectivity index (χ0) is 105. The van der Waals surface area contributed by atoms with Crippen LogP contribution in [0.3, 0.4) is 0 Å². The Balaban J connectivity index is 0.000000155. The van der Waals surface area contributed by atoms with E-state index in [4.69, 9.17) is 58.0 Å². The molecule has 12 aromatic rings. The first-order valence-corrected chi connectivity index (χ1v) is 56.4. The summed E-state index contributed by atoms with van der Waals surface area (Å²) in [5.74, 6) is -0.640. The molecule has 1 aliphatic heterocycles. The first kappa shape index (κ1) is 112. The van der Waals surface area contributed by atoms with Crippen molar-refractivity contribution in [3.05, 3.63) is 283 Å². The molecule has 4 saturated carbocycles. The van der Waals surface area contributed by atoms with Gasteiger partial charge in [0.25, 0.3) is 0 Å². The first-order valence-electron chi connectivity index (χ1n) is 45.2. The van der Waals surface area contributed by atoms with Gasteiger partial charge in [0.05, 0.1) is 127 Å². The van der Waals surface area contributed by atoms with E-state index in [1.807, 2.05) is 78.3 Å². The SMILES string of the molecule is COc1cccc(Cc2csc(C(=O)c3cncnc3N[C@@H]3C[C@H](COS(N)(=O)=O)[C@@H](O)C3)c2)c1.Cc1sc(C(=O)c2cncnc2N[C@@H]2C[C@H](COS(N)(=O)=O)[C@@H](O)C2)cc1C1(c2ccccc2)CCCO1.NS(=O)(=O)OC[C@H]1C[C@@H](Cc2ncncc2C(=O)c2cc(COc3cccc(Cl)c3)cs2)C[C@@H]1O.NS(=O)(=O)OC[C@H]1C[C@@H](Nc2ncncc2C(=O)c2cc(S(=O)c3cccc(C(F)(F)F)c3)c(Cl)s2)C[C@@H]1O. The Labute approximate surface area is 871 Å². The molecule has 2 unspecified atom stereocenters. The zero-order valence-corrected chi connectivity index (χ0v) is 86.8. The lowest BCUT2D eigenvalue weighted by atomic mass is 9.84. The molecule has 14 atom stereocenters. The third kappa shape index (κ3) is 30.9. The molecule has 4 aromatic carbocycles. The molecule has 39 nitrogen and oxygen atoms in total. The van der Waals surface area contributed by atoms with Crippen LogP contribution in [-0.4, -0.2) is 204 Å². The molecule has 5 aliphatic rings. The van der Waals surface area contributed by atoms with E-state index < -0.39 is 123 Å². The summed E-state index contributed by atoms with van der Waals surface area (Å²) in [4.78, 5) is 89.1. The van der Waals surface area contributed by atoms with E-state index in [1.54, 1.807) is 31.4 Å². The van der Waals surface area contributed by atoms with Gasteiger partial charge >= 0.3 is 47.4 Å². The second-order valence-corrected chi connectivity index (χ2v) is 46.6.